The number of carbonyl (C=O) groups is 1. The molecule has 0 fully saturated rings. The Labute approximate surface area is 74.7 Å². The predicted molar refractivity (Wildman–Crippen MR) is 49.3 cm³/mol. The first kappa shape index (κ1) is 7.79. The molecule has 0 unspecified atom stereocenters. The molecule has 0 aliphatic carbocycles. The van der Waals surface area contributed by atoms with Crippen molar-refractivity contribution in [1.82, 2.24) is 5.01 Å². The zero-order chi connectivity index (χ0) is 8.55. The van der Waals surface area contributed by atoms with Crippen LogP contribution in [0.1, 0.15) is 13.3 Å². The smallest absolute Gasteiger partial charge is 0.254 e. The molecular weight excluding hydrogens is 174 g/mol. The fourth-order valence-corrected chi connectivity index (χ4v) is 1.97. The third-order valence-electron chi connectivity index (χ3n) is 1.66. The summed E-state index contributed by atoms with van der Waals surface area (Å²) in [5.41, 5.74) is 0.871. The number of hydrogen-bond donors (Lipinski definition) is 0. The van der Waals surface area contributed by atoms with Gasteiger partial charge in [0, 0.05) is 11.5 Å². The average molecular weight is 183 g/mol. The molecule has 2 rings (SSSR count). The normalized spacial score (nSPS) is 23.1. The number of carbonyl (C=O) groups excluding carboxylic acids is 1. The minimum Gasteiger partial charge on any atom is -0.272 e. The minimum atomic E-state index is 0.0423. The maximum absolute atomic E-state index is 11.3. The Bertz CT molecular complexity index is 284. The van der Waals surface area contributed by atoms with Crippen molar-refractivity contribution in [3.63, 3.8) is 0 Å². The lowest BCUT2D eigenvalue weighted by Crippen LogP contribution is -2.24. The van der Waals surface area contributed by atoms with Crippen LogP contribution in [0.4, 0.5) is 0 Å². The van der Waals surface area contributed by atoms with E-state index in [0.717, 1.165) is 23.2 Å². The van der Waals surface area contributed by atoms with Crippen LogP contribution in [0.25, 0.3) is 0 Å². The molecule has 12 heavy (non-hydrogen) atoms. The van der Waals surface area contributed by atoms with E-state index in [2.05, 4.69) is 10.1 Å². The van der Waals surface area contributed by atoms with Crippen molar-refractivity contribution >= 4 is 28.5 Å². The second-order valence-corrected chi connectivity index (χ2v) is 3.79. The van der Waals surface area contributed by atoms with Crippen LogP contribution in [0.5, 0.6) is 0 Å². The van der Waals surface area contributed by atoms with Crippen molar-refractivity contribution < 1.29 is 4.79 Å². The van der Waals surface area contributed by atoms with Crippen molar-refractivity contribution in [2.45, 2.75) is 13.3 Å². The number of aliphatic imine (C=N–C) groups is 1. The van der Waals surface area contributed by atoms with Crippen LogP contribution < -0.4 is 0 Å². The lowest BCUT2D eigenvalue weighted by molar-refractivity contribution is -0.124. The Morgan fingerprint density at radius 2 is 2.42 bits per heavy atom. The number of amides is 1. The number of amidine groups is 1. The summed E-state index contributed by atoms with van der Waals surface area (Å²) in [4.78, 5) is 15.5. The van der Waals surface area contributed by atoms with Crippen molar-refractivity contribution in [3.05, 3.63) is 0 Å². The van der Waals surface area contributed by atoms with Crippen LogP contribution in [0.3, 0.4) is 0 Å². The Morgan fingerprint density at radius 3 is 2.92 bits per heavy atom. The van der Waals surface area contributed by atoms with Crippen molar-refractivity contribution in [1.29, 1.82) is 0 Å². The van der Waals surface area contributed by atoms with Gasteiger partial charge in [-0.1, -0.05) is 11.8 Å². The van der Waals surface area contributed by atoms with Gasteiger partial charge in [-0.25, -0.2) is 0 Å². The SMILES string of the molecule is CC1=NN(C2=NCCS2)C(=O)C1. The van der Waals surface area contributed by atoms with E-state index in [0.29, 0.717) is 6.42 Å². The molecule has 0 aromatic heterocycles. The molecule has 0 aromatic rings. The highest BCUT2D eigenvalue weighted by Crippen LogP contribution is 2.20. The Kier molecular flexibility index (Phi) is 1.88. The summed E-state index contributed by atoms with van der Waals surface area (Å²) in [5, 5.41) is 6.28. The summed E-state index contributed by atoms with van der Waals surface area (Å²) < 4.78 is 0. The number of rotatable bonds is 0. The summed E-state index contributed by atoms with van der Waals surface area (Å²) in [5.74, 6) is 1.01. The molecule has 4 nitrogen and oxygen atoms in total. The number of nitrogens with zero attached hydrogens (tertiary/aromatic N) is 3. The highest BCUT2D eigenvalue weighted by Gasteiger charge is 2.27. The van der Waals surface area contributed by atoms with Gasteiger partial charge in [-0.2, -0.15) is 10.1 Å². The van der Waals surface area contributed by atoms with E-state index in [9.17, 15) is 4.79 Å². The molecule has 0 spiro atoms. The predicted octanol–water partition coefficient (Wildman–Crippen LogP) is 0.697. The van der Waals surface area contributed by atoms with Gasteiger partial charge >= 0.3 is 0 Å². The van der Waals surface area contributed by atoms with Crippen LogP contribution in [0.2, 0.25) is 0 Å². The van der Waals surface area contributed by atoms with E-state index in [1.165, 1.54) is 5.01 Å². The maximum Gasteiger partial charge on any atom is 0.254 e. The Balaban J connectivity index is 2.18. The van der Waals surface area contributed by atoms with Gasteiger partial charge in [0.2, 0.25) is 0 Å². The van der Waals surface area contributed by atoms with E-state index in [4.69, 9.17) is 0 Å². The molecule has 2 aliphatic heterocycles. The van der Waals surface area contributed by atoms with Gasteiger partial charge in [0.1, 0.15) is 0 Å². The van der Waals surface area contributed by atoms with E-state index in [1.54, 1.807) is 11.8 Å². The lowest BCUT2D eigenvalue weighted by Gasteiger charge is -2.08. The van der Waals surface area contributed by atoms with Gasteiger partial charge < -0.3 is 0 Å². The molecule has 0 bridgehead atoms. The first-order valence-corrected chi connectivity index (χ1v) is 4.80. The maximum atomic E-state index is 11.3. The standard InChI is InChI=1S/C7H9N3OS/c1-5-4-6(11)10(9-5)7-8-2-3-12-7/h2-4H2,1H3. The summed E-state index contributed by atoms with van der Waals surface area (Å²) >= 11 is 1.59. The zero-order valence-electron chi connectivity index (χ0n) is 6.78. The van der Waals surface area contributed by atoms with Crippen molar-refractivity contribution in [2.24, 2.45) is 10.1 Å². The van der Waals surface area contributed by atoms with E-state index in [-0.39, 0.29) is 5.91 Å². The van der Waals surface area contributed by atoms with Gasteiger partial charge in [0.05, 0.1) is 13.0 Å². The molecule has 0 atom stereocenters. The van der Waals surface area contributed by atoms with E-state index < -0.39 is 0 Å². The van der Waals surface area contributed by atoms with Crippen molar-refractivity contribution in [2.75, 3.05) is 12.3 Å². The molecule has 2 heterocycles. The van der Waals surface area contributed by atoms with Crippen LogP contribution in [-0.2, 0) is 4.79 Å². The van der Waals surface area contributed by atoms with Gasteiger partial charge in [0.25, 0.3) is 5.91 Å². The van der Waals surface area contributed by atoms with E-state index >= 15 is 0 Å². The second-order valence-electron chi connectivity index (χ2n) is 2.73. The summed E-state index contributed by atoms with van der Waals surface area (Å²) in [7, 11) is 0. The number of thioether (sulfide) groups is 1. The lowest BCUT2D eigenvalue weighted by atomic mass is 10.3. The van der Waals surface area contributed by atoms with Gasteiger partial charge in [-0.15, -0.1) is 0 Å². The minimum absolute atomic E-state index is 0.0423. The fourth-order valence-electron chi connectivity index (χ4n) is 1.16. The largest absolute Gasteiger partial charge is 0.272 e. The first-order valence-electron chi connectivity index (χ1n) is 3.81. The molecule has 2 aliphatic rings. The molecule has 0 saturated carbocycles. The molecule has 0 saturated heterocycles. The fraction of sp³-hybridized carbons (Fsp3) is 0.571. The highest BCUT2D eigenvalue weighted by molar-refractivity contribution is 8.14. The molecular formula is C7H9N3OS. The summed E-state index contributed by atoms with van der Waals surface area (Å²) in [6, 6.07) is 0. The second kappa shape index (κ2) is 2.90. The summed E-state index contributed by atoms with van der Waals surface area (Å²) in [6.45, 7) is 2.66. The monoisotopic (exact) mass is 183 g/mol. The zero-order valence-corrected chi connectivity index (χ0v) is 7.60. The summed E-state index contributed by atoms with van der Waals surface area (Å²) in [6.07, 6.45) is 0.444. The van der Waals surface area contributed by atoms with Gasteiger partial charge in [-0.3, -0.25) is 9.79 Å². The topological polar surface area (TPSA) is 45.0 Å². The molecule has 64 valence electrons. The molecule has 5 heteroatoms. The van der Waals surface area contributed by atoms with Crippen LogP contribution >= 0.6 is 11.8 Å². The van der Waals surface area contributed by atoms with E-state index in [1.807, 2.05) is 6.92 Å². The van der Waals surface area contributed by atoms with Crippen molar-refractivity contribution in [3.8, 4) is 0 Å². The van der Waals surface area contributed by atoms with Gasteiger partial charge in [0.15, 0.2) is 5.17 Å². The third-order valence-corrected chi connectivity index (χ3v) is 2.61. The quantitative estimate of drug-likeness (QED) is 0.555. The van der Waals surface area contributed by atoms with Crippen LogP contribution in [0, 0.1) is 0 Å². The molecule has 1 amide bonds. The highest BCUT2D eigenvalue weighted by atomic mass is 32.2. The Morgan fingerprint density at radius 1 is 1.58 bits per heavy atom. The molecule has 0 N–H and O–H groups in total. The average Bonchev–Trinajstić information content (AvgIpc) is 2.58. The Hall–Kier alpha value is -0.840. The molecule has 0 aromatic carbocycles. The number of hydrazone groups is 1. The third kappa shape index (κ3) is 1.24. The van der Waals surface area contributed by atoms with Crippen LogP contribution in [-0.4, -0.2) is 34.1 Å². The van der Waals surface area contributed by atoms with Crippen LogP contribution in [0.15, 0.2) is 10.1 Å². The molecule has 0 radical (unpaired) electrons. The number of hydrogen-bond acceptors (Lipinski definition) is 4. The first-order chi connectivity index (χ1) is 5.77. The van der Waals surface area contributed by atoms with Gasteiger partial charge in [-0.05, 0) is 6.92 Å².